The highest BCUT2D eigenvalue weighted by Gasteiger charge is 2.21. The molecule has 0 saturated carbocycles. The van der Waals surface area contributed by atoms with Crippen molar-refractivity contribution in [1.29, 1.82) is 0 Å². The van der Waals surface area contributed by atoms with Gasteiger partial charge in [-0.3, -0.25) is 0 Å². The van der Waals surface area contributed by atoms with Gasteiger partial charge in [0, 0.05) is 11.6 Å². The van der Waals surface area contributed by atoms with Crippen molar-refractivity contribution in [3.63, 3.8) is 0 Å². The summed E-state index contributed by atoms with van der Waals surface area (Å²) in [4.78, 5) is 0. The SMILES string of the molecule is N[C@H](CO)c1c(F)cc(F)c(Cl)c1F. The van der Waals surface area contributed by atoms with Crippen LogP contribution in [0.4, 0.5) is 13.2 Å². The number of benzene rings is 1. The zero-order chi connectivity index (χ0) is 10.9. The molecule has 0 aliphatic heterocycles. The Labute approximate surface area is 83.1 Å². The van der Waals surface area contributed by atoms with Crippen LogP contribution in [0.25, 0.3) is 0 Å². The van der Waals surface area contributed by atoms with Crippen LogP contribution in [0, 0.1) is 17.5 Å². The molecular weight excluding hydrogens is 219 g/mol. The molecule has 78 valence electrons. The molecule has 0 saturated heterocycles. The van der Waals surface area contributed by atoms with Gasteiger partial charge in [0.05, 0.1) is 12.6 Å². The van der Waals surface area contributed by atoms with E-state index in [1.807, 2.05) is 0 Å². The average Bonchev–Trinajstić information content (AvgIpc) is 2.14. The molecule has 0 aromatic heterocycles. The molecular formula is C8H7ClF3NO. The summed E-state index contributed by atoms with van der Waals surface area (Å²) in [6.45, 7) is -0.657. The Balaban J connectivity index is 3.36. The third-order valence-corrected chi connectivity index (χ3v) is 2.06. The van der Waals surface area contributed by atoms with E-state index in [0.29, 0.717) is 6.07 Å². The van der Waals surface area contributed by atoms with Gasteiger partial charge in [-0.15, -0.1) is 0 Å². The van der Waals surface area contributed by atoms with Crippen molar-refractivity contribution < 1.29 is 18.3 Å². The highest BCUT2D eigenvalue weighted by molar-refractivity contribution is 6.30. The quantitative estimate of drug-likeness (QED) is 0.595. The maximum atomic E-state index is 13.2. The van der Waals surface area contributed by atoms with E-state index in [9.17, 15) is 13.2 Å². The number of hydrogen-bond acceptors (Lipinski definition) is 2. The van der Waals surface area contributed by atoms with Crippen molar-refractivity contribution in [2.24, 2.45) is 5.73 Å². The molecule has 2 nitrogen and oxygen atoms in total. The maximum absolute atomic E-state index is 13.2. The number of aliphatic hydroxyl groups excluding tert-OH is 1. The lowest BCUT2D eigenvalue weighted by Crippen LogP contribution is -2.18. The van der Waals surface area contributed by atoms with E-state index < -0.39 is 40.7 Å². The number of aliphatic hydroxyl groups is 1. The van der Waals surface area contributed by atoms with Crippen molar-refractivity contribution in [2.45, 2.75) is 6.04 Å². The third-order valence-electron chi connectivity index (χ3n) is 1.72. The summed E-state index contributed by atoms with van der Waals surface area (Å²) < 4.78 is 38.8. The van der Waals surface area contributed by atoms with Crippen molar-refractivity contribution in [2.75, 3.05) is 6.61 Å². The molecule has 1 atom stereocenters. The summed E-state index contributed by atoms with van der Waals surface area (Å²) >= 11 is 5.20. The summed E-state index contributed by atoms with van der Waals surface area (Å²) in [5.74, 6) is -3.63. The van der Waals surface area contributed by atoms with E-state index in [1.165, 1.54) is 0 Å². The molecule has 3 N–H and O–H groups in total. The van der Waals surface area contributed by atoms with Gasteiger partial charge in [-0.1, -0.05) is 11.6 Å². The molecule has 0 unspecified atom stereocenters. The normalized spacial score (nSPS) is 13.0. The predicted molar refractivity (Wildman–Crippen MR) is 45.3 cm³/mol. The molecule has 0 radical (unpaired) electrons. The van der Waals surface area contributed by atoms with Crippen molar-refractivity contribution in [1.82, 2.24) is 0 Å². The van der Waals surface area contributed by atoms with Gasteiger partial charge in [-0.25, -0.2) is 13.2 Å². The fraction of sp³-hybridized carbons (Fsp3) is 0.250. The highest BCUT2D eigenvalue weighted by Crippen LogP contribution is 2.27. The summed E-state index contributed by atoms with van der Waals surface area (Å²) in [5, 5.41) is 7.77. The average molecular weight is 226 g/mol. The van der Waals surface area contributed by atoms with E-state index >= 15 is 0 Å². The van der Waals surface area contributed by atoms with Gasteiger partial charge in [-0.05, 0) is 0 Å². The monoisotopic (exact) mass is 225 g/mol. The molecule has 6 heteroatoms. The zero-order valence-corrected chi connectivity index (χ0v) is 7.65. The zero-order valence-electron chi connectivity index (χ0n) is 6.90. The van der Waals surface area contributed by atoms with Crippen LogP contribution in [0.1, 0.15) is 11.6 Å². The molecule has 1 aromatic carbocycles. The van der Waals surface area contributed by atoms with Crippen molar-refractivity contribution >= 4 is 11.6 Å². The molecule has 0 bridgehead atoms. The van der Waals surface area contributed by atoms with E-state index in [2.05, 4.69) is 0 Å². The Morgan fingerprint density at radius 1 is 1.36 bits per heavy atom. The molecule has 0 fully saturated rings. The van der Waals surface area contributed by atoms with Crippen LogP contribution in [0.15, 0.2) is 6.07 Å². The van der Waals surface area contributed by atoms with Gasteiger partial charge in [0.15, 0.2) is 5.82 Å². The second kappa shape index (κ2) is 4.16. The van der Waals surface area contributed by atoms with Gasteiger partial charge in [-0.2, -0.15) is 0 Å². The number of nitrogens with two attached hydrogens (primary N) is 1. The van der Waals surface area contributed by atoms with Gasteiger partial charge in [0.2, 0.25) is 0 Å². The van der Waals surface area contributed by atoms with Gasteiger partial charge in [0.1, 0.15) is 16.7 Å². The molecule has 0 spiro atoms. The van der Waals surface area contributed by atoms with E-state index in [-0.39, 0.29) is 0 Å². The number of rotatable bonds is 2. The Morgan fingerprint density at radius 3 is 2.43 bits per heavy atom. The Morgan fingerprint density at radius 2 is 1.93 bits per heavy atom. The lowest BCUT2D eigenvalue weighted by molar-refractivity contribution is 0.262. The standard InChI is InChI=1S/C8H7ClF3NO/c9-7-4(11)1-3(10)6(8(7)12)5(13)2-14/h1,5,14H,2,13H2/t5-/m1/s1. The topological polar surface area (TPSA) is 46.2 Å². The van der Waals surface area contributed by atoms with Gasteiger partial charge < -0.3 is 10.8 Å². The van der Waals surface area contributed by atoms with Crippen LogP contribution in [-0.4, -0.2) is 11.7 Å². The first-order valence-electron chi connectivity index (χ1n) is 3.68. The van der Waals surface area contributed by atoms with Crippen LogP contribution in [-0.2, 0) is 0 Å². The van der Waals surface area contributed by atoms with Crippen molar-refractivity contribution in [3.05, 3.63) is 34.1 Å². The van der Waals surface area contributed by atoms with Crippen LogP contribution in [0.2, 0.25) is 5.02 Å². The molecule has 0 amide bonds. The Kier molecular flexibility index (Phi) is 3.36. The first-order valence-corrected chi connectivity index (χ1v) is 4.06. The lowest BCUT2D eigenvalue weighted by atomic mass is 10.1. The fourth-order valence-electron chi connectivity index (χ4n) is 1.01. The first-order chi connectivity index (χ1) is 6.49. The molecule has 14 heavy (non-hydrogen) atoms. The van der Waals surface area contributed by atoms with E-state index in [4.69, 9.17) is 22.4 Å². The first kappa shape index (κ1) is 11.3. The summed E-state index contributed by atoms with van der Waals surface area (Å²) in [5.41, 5.74) is 4.59. The minimum Gasteiger partial charge on any atom is -0.394 e. The second-order valence-electron chi connectivity index (χ2n) is 2.67. The smallest absolute Gasteiger partial charge is 0.152 e. The number of hydrogen-bond donors (Lipinski definition) is 2. The molecule has 0 aliphatic carbocycles. The summed E-state index contributed by atoms with van der Waals surface area (Å²) in [7, 11) is 0. The van der Waals surface area contributed by atoms with Crippen LogP contribution in [0.3, 0.4) is 0 Å². The van der Waals surface area contributed by atoms with Crippen LogP contribution < -0.4 is 5.73 Å². The lowest BCUT2D eigenvalue weighted by Gasteiger charge is -2.12. The third kappa shape index (κ3) is 1.84. The van der Waals surface area contributed by atoms with E-state index in [1.54, 1.807) is 0 Å². The maximum Gasteiger partial charge on any atom is 0.152 e. The van der Waals surface area contributed by atoms with Crippen LogP contribution >= 0.6 is 11.6 Å². The van der Waals surface area contributed by atoms with E-state index in [0.717, 1.165) is 0 Å². The van der Waals surface area contributed by atoms with Gasteiger partial charge in [0.25, 0.3) is 0 Å². The highest BCUT2D eigenvalue weighted by atomic mass is 35.5. The summed E-state index contributed by atoms with van der Waals surface area (Å²) in [6.07, 6.45) is 0. The van der Waals surface area contributed by atoms with Crippen molar-refractivity contribution in [3.8, 4) is 0 Å². The summed E-state index contributed by atoms with van der Waals surface area (Å²) in [6, 6.07) is -0.830. The number of halogens is 4. The minimum atomic E-state index is -1.27. The fourth-order valence-corrected chi connectivity index (χ4v) is 1.17. The molecule has 1 rings (SSSR count). The van der Waals surface area contributed by atoms with Crippen LogP contribution in [0.5, 0.6) is 0 Å². The minimum absolute atomic E-state index is 0.427. The molecule has 0 heterocycles. The van der Waals surface area contributed by atoms with Gasteiger partial charge >= 0.3 is 0 Å². The molecule has 0 aliphatic rings. The Hall–Kier alpha value is -0.780. The Bertz CT molecular complexity index is 359. The molecule has 1 aromatic rings. The largest absolute Gasteiger partial charge is 0.394 e. The second-order valence-corrected chi connectivity index (χ2v) is 3.05. The predicted octanol–water partition coefficient (Wildman–Crippen LogP) is 1.75.